The number of fused-ring (bicyclic) bond motifs is 1. The molecular formula is C36H39N4O7PS. The monoisotopic (exact) mass is 702 g/mol. The van der Waals surface area contributed by atoms with Gasteiger partial charge in [0, 0.05) is 47.5 Å². The number of hydrogen-bond acceptors (Lipinski definition) is 7. The van der Waals surface area contributed by atoms with Crippen LogP contribution in [0.3, 0.4) is 0 Å². The summed E-state index contributed by atoms with van der Waals surface area (Å²) in [5.74, 6) is 1.47. The normalized spacial score (nSPS) is 13.0. The van der Waals surface area contributed by atoms with E-state index in [2.05, 4.69) is 20.3 Å². The molecular weight excluding hydrogens is 663 g/mol. The minimum atomic E-state index is -3.52. The van der Waals surface area contributed by atoms with Crippen molar-refractivity contribution in [3.05, 3.63) is 108 Å². The molecule has 0 aliphatic carbocycles. The Bertz CT molecular complexity index is 2190. The zero-order valence-corrected chi connectivity index (χ0v) is 29.8. The lowest BCUT2D eigenvalue weighted by atomic mass is 9.86. The number of nitrogens with one attached hydrogen (secondary N) is 3. The van der Waals surface area contributed by atoms with Gasteiger partial charge in [-0.3, -0.25) is 14.3 Å². The Labute approximate surface area is 286 Å². The van der Waals surface area contributed by atoms with Crippen LogP contribution in [0, 0.1) is 0 Å². The molecule has 13 heteroatoms. The Morgan fingerprint density at radius 2 is 1.61 bits per heavy atom. The highest BCUT2D eigenvalue weighted by molar-refractivity contribution is 7.92. The first-order chi connectivity index (χ1) is 23.0. The van der Waals surface area contributed by atoms with E-state index in [0.29, 0.717) is 40.7 Å². The number of aromatic nitrogens is 1. The van der Waals surface area contributed by atoms with Crippen LogP contribution in [0.1, 0.15) is 37.6 Å². The van der Waals surface area contributed by atoms with Crippen molar-refractivity contribution in [2.75, 3.05) is 35.4 Å². The van der Waals surface area contributed by atoms with Crippen molar-refractivity contribution in [2.45, 2.75) is 32.6 Å². The molecule has 0 spiro atoms. The van der Waals surface area contributed by atoms with Crippen LogP contribution in [0.5, 0.6) is 17.2 Å². The van der Waals surface area contributed by atoms with Gasteiger partial charge < -0.3 is 25.0 Å². The van der Waals surface area contributed by atoms with Crippen molar-refractivity contribution >= 4 is 56.6 Å². The molecule has 256 valence electrons. The van der Waals surface area contributed by atoms with Gasteiger partial charge in [-0.05, 0) is 65.1 Å². The van der Waals surface area contributed by atoms with E-state index in [1.54, 1.807) is 54.7 Å². The summed E-state index contributed by atoms with van der Waals surface area (Å²) < 4.78 is 50.2. The maximum absolute atomic E-state index is 13.2. The lowest BCUT2D eigenvalue weighted by Crippen LogP contribution is -2.21. The second kappa shape index (κ2) is 13.9. The molecule has 2 amide bonds. The summed E-state index contributed by atoms with van der Waals surface area (Å²) in [4.78, 5) is 27.7. The minimum absolute atomic E-state index is 0.261. The fourth-order valence-corrected chi connectivity index (χ4v) is 6.75. The third kappa shape index (κ3) is 9.17. The summed E-state index contributed by atoms with van der Waals surface area (Å²) >= 11 is 0. The molecule has 0 saturated carbocycles. The van der Waals surface area contributed by atoms with E-state index in [1.807, 2.05) is 57.2 Å². The standard InChI is InChI=1S/C36H39N4O7PS/c1-36(2,3)24-19-26(21-27(20-24)40-49(6,44)45)38-35(41)39-31-12-13-32(30-10-8-7-9-29(30)31)47-28-15-16-37-25(22-28)17-23-11-14-34(48(5,42)43)33(18-23)46-4/h7-16,18-22,40H,17H2,1-6H3,(H,42,43)(H2,38,39,41). The molecule has 1 unspecified atom stereocenters. The van der Waals surface area contributed by atoms with Crippen LogP contribution < -0.4 is 30.1 Å². The number of pyridine rings is 1. The Morgan fingerprint density at radius 3 is 2.29 bits per heavy atom. The maximum atomic E-state index is 13.2. The van der Waals surface area contributed by atoms with Crippen molar-refractivity contribution in [2.24, 2.45) is 0 Å². The van der Waals surface area contributed by atoms with Crippen molar-refractivity contribution in [1.29, 1.82) is 0 Å². The number of carbonyl (C=O) groups is 1. The first-order valence-electron chi connectivity index (χ1n) is 15.3. The highest BCUT2D eigenvalue weighted by Gasteiger charge is 2.20. The van der Waals surface area contributed by atoms with Gasteiger partial charge in [0.2, 0.25) is 17.4 Å². The van der Waals surface area contributed by atoms with Crippen LogP contribution in [0.15, 0.2) is 91.1 Å². The van der Waals surface area contributed by atoms with Gasteiger partial charge in [-0.1, -0.05) is 51.1 Å². The predicted molar refractivity (Wildman–Crippen MR) is 196 cm³/mol. The predicted octanol–water partition coefficient (Wildman–Crippen LogP) is 7.47. The van der Waals surface area contributed by atoms with Gasteiger partial charge in [0.05, 0.1) is 30.0 Å². The fraction of sp³-hybridized carbons (Fsp3) is 0.222. The summed E-state index contributed by atoms with van der Waals surface area (Å²) in [6.45, 7) is 7.28. The van der Waals surface area contributed by atoms with Gasteiger partial charge in [0.25, 0.3) is 0 Å². The number of sulfonamides is 1. The molecule has 0 bridgehead atoms. The third-order valence-corrected chi connectivity index (χ3v) is 9.45. The number of urea groups is 1. The largest absolute Gasteiger partial charge is 0.496 e. The Kier molecular flexibility index (Phi) is 10.1. The molecule has 4 N–H and O–H groups in total. The molecule has 4 aromatic carbocycles. The molecule has 1 aromatic heterocycles. The van der Waals surface area contributed by atoms with E-state index in [0.717, 1.165) is 33.8 Å². The number of carbonyl (C=O) groups excluding carboxylic acids is 1. The highest BCUT2D eigenvalue weighted by Crippen LogP contribution is 2.39. The molecule has 1 atom stereocenters. The van der Waals surface area contributed by atoms with E-state index >= 15 is 0 Å². The topological polar surface area (TPSA) is 156 Å². The number of anilines is 3. The van der Waals surface area contributed by atoms with Crippen LogP contribution >= 0.6 is 7.37 Å². The Morgan fingerprint density at radius 1 is 0.898 bits per heavy atom. The lowest BCUT2D eigenvalue weighted by Gasteiger charge is -2.22. The second-order valence-corrected chi connectivity index (χ2v) is 16.8. The van der Waals surface area contributed by atoms with Gasteiger partial charge in [-0.15, -0.1) is 0 Å². The van der Waals surface area contributed by atoms with Crippen molar-refractivity contribution in [3.8, 4) is 17.2 Å². The number of methoxy groups -OCH3 is 1. The quantitative estimate of drug-likeness (QED) is 0.109. The first-order valence-corrected chi connectivity index (χ1v) is 19.3. The van der Waals surface area contributed by atoms with Crippen molar-refractivity contribution in [1.82, 2.24) is 4.98 Å². The number of rotatable bonds is 10. The molecule has 11 nitrogen and oxygen atoms in total. The van der Waals surface area contributed by atoms with Gasteiger partial charge >= 0.3 is 6.03 Å². The van der Waals surface area contributed by atoms with Gasteiger partial charge in [-0.2, -0.15) is 0 Å². The molecule has 5 aromatic rings. The first kappa shape index (κ1) is 35.4. The molecule has 1 heterocycles. The number of hydrogen-bond donors (Lipinski definition) is 4. The van der Waals surface area contributed by atoms with Crippen LogP contribution in [0.2, 0.25) is 0 Å². The second-order valence-electron chi connectivity index (χ2n) is 12.8. The maximum Gasteiger partial charge on any atom is 0.323 e. The summed E-state index contributed by atoms with van der Waals surface area (Å²) in [5, 5.41) is 7.52. The summed E-state index contributed by atoms with van der Waals surface area (Å²) in [6, 6.07) is 24.4. The Balaban J connectivity index is 1.35. The molecule has 0 aliphatic rings. The van der Waals surface area contributed by atoms with Gasteiger partial charge in [0.15, 0.2) is 0 Å². The SMILES string of the molecule is COc1cc(Cc2cc(Oc3ccc(NC(=O)Nc4cc(NS(C)(=O)=O)cc(C(C)(C)C)c4)c4ccccc34)ccn2)ccc1P(C)(=O)O. The summed E-state index contributed by atoms with van der Waals surface area (Å²) in [7, 11) is -5.55. The Hall–Kier alpha value is -4.90. The average molecular weight is 703 g/mol. The van der Waals surface area contributed by atoms with E-state index in [9.17, 15) is 22.7 Å². The fourth-order valence-electron chi connectivity index (χ4n) is 5.29. The zero-order valence-electron chi connectivity index (χ0n) is 28.1. The average Bonchev–Trinajstić information content (AvgIpc) is 3.00. The van der Waals surface area contributed by atoms with Crippen LogP contribution in [-0.4, -0.2) is 44.4 Å². The molecule has 49 heavy (non-hydrogen) atoms. The van der Waals surface area contributed by atoms with Crippen LogP contribution in [-0.2, 0) is 26.4 Å². The summed E-state index contributed by atoms with van der Waals surface area (Å²) in [6.07, 6.45) is 3.17. The van der Waals surface area contributed by atoms with E-state index in [-0.39, 0.29) is 10.7 Å². The minimum Gasteiger partial charge on any atom is -0.496 e. The van der Waals surface area contributed by atoms with Gasteiger partial charge in [-0.25, -0.2) is 13.2 Å². The van der Waals surface area contributed by atoms with Gasteiger partial charge in [0.1, 0.15) is 17.2 Å². The molecule has 0 saturated heterocycles. The number of ether oxygens (including phenoxy) is 2. The number of benzene rings is 4. The van der Waals surface area contributed by atoms with E-state index in [1.165, 1.54) is 13.8 Å². The molecule has 0 radical (unpaired) electrons. The van der Waals surface area contributed by atoms with E-state index in [4.69, 9.17) is 9.47 Å². The van der Waals surface area contributed by atoms with Crippen molar-refractivity contribution < 1.29 is 32.1 Å². The van der Waals surface area contributed by atoms with E-state index < -0.39 is 23.4 Å². The van der Waals surface area contributed by atoms with Crippen LogP contribution in [0.4, 0.5) is 21.9 Å². The lowest BCUT2D eigenvalue weighted by molar-refractivity contribution is 0.262. The molecule has 0 fully saturated rings. The summed E-state index contributed by atoms with van der Waals surface area (Å²) in [5.41, 5.74) is 3.45. The smallest absolute Gasteiger partial charge is 0.323 e. The third-order valence-electron chi connectivity index (χ3n) is 7.58. The molecule has 5 rings (SSSR count). The number of nitrogens with zero attached hydrogens (tertiary/aromatic N) is 1. The number of amides is 2. The van der Waals surface area contributed by atoms with Crippen LogP contribution in [0.25, 0.3) is 10.8 Å². The van der Waals surface area contributed by atoms with Crippen molar-refractivity contribution in [3.63, 3.8) is 0 Å². The highest BCUT2D eigenvalue weighted by atomic mass is 32.2. The zero-order chi connectivity index (χ0) is 35.6. The molecule has 0 aliphatic heterocycles.